The van der Waals surface area contributed by atoms with Gasteiger partial charge in [-0.1, -0.05) is 13.3 Å². The maximum absolute atomic E-state index is 6.03. The van der Waals surface area contributed by atoms with Crippen LogP contribution in [0.1, 0.15) is 32.6 Å². The molecule has 1 unspecified atom stereocenters. The van der Waals surface area contributed by atoms with E-state index in [1.807, 2.05) is 12.1 Å². The van der Waals surface area contributed by atoms with E-state index < -0.39 is 0 Å². The van der Waals surface area contributed by atoms with E-state index in [0.717, 1.165) is 30.5 Å². The highest BCUT2D eigenvalue weighted by Crippen LogP contribution is 2.28. The van der Waals surface area contributed by atoms with Crippen molar-refractivity contribution < 1.29 is 4.74 Å². The lowest BCUT2D eigenvalue weighted by atomic mass is 9.98. The summed E-state index contributed by atoms with van der Waals surface area (Å²) in [6, 6.07) is 3.69. The summed E-state index contributed by atoms with van der Waals surface area (Å²) in [5.41, 5.74) is 6.77. The minimum absolute atomic E-state index is 0.635. The molecule has 0 aliphatic carbocycles. The molecular weight excluding hydrogens is 226 g/mol. The van der Waals surface area contributed by atoms with Crippen LogP contribution in [0.4, 0.5) is 11.5 Å². The quantitative estimate of drug-likeness (QED) is 0.895. The van der Waals surface area contributed by atoms with E-state index in [9.17, 15) is 0 Å². The van der Waals surface area contributed by atoms with Crippen LogP contribution in [0.25, 0.3) is 0 Å². The predicted molar refractivity (Wildman–Crippen MR) is 75.0 cm³/mol. The Hall–Kier alpha value is -1.45. The summed E-state index contributed by atoms with van der Waals surface area (Å²) in [7, 11) is 1.64. The number of anilines is 2. The Balaban J connectivity index is 2.15. The molecule has 0 radical (unpaired) electrons. The molecule has 100 valence electrons. The van der Waals surface area contributed by atoms with Crippen LogP contribution in [0.2, 0.25) is 0 Å². The standard InChI is InChI=1S/C14H23N3O/c1-3-11-5-4-9-17(10-8-11)14-12(15)6-7-13(16-14)18-2/h6-7,11H,3-5,8-10,15H2,1-2H3. The summed E-state index contributed by atoms with van der Waals surface area (Å²) in [5, 5.41) is 0. The van der Waals surface area contributed by atoms with Crippen LogP contribution in [-0.2, 0) is 0 Å². The molecule has 2 heterocycles. The third-order valence-corrected chi connectivity index (χ3v) is 3.81. The number of pyridine rings is 1. The number of methoxy groups -OCH3 is 1. The summed E-state index contributed by atoms with van der Waals surface area (Å²) in [6.07, 6.45) is 5.04. The molecule has 1 aliphatic rings. The van der Waals surface area contributed by atoms with Crippen molar-refractivity contribution in [3.8, 4) is 5.88 Å². The molecule has 4 nitrogen and oxygen atoms in total. The van der Waals surface area contributed by atoms with Gasteiger partial charge in [0.15, 0.2) is 5.82 Å². The van der Waals surface area contributed by atoms with Gasteiger partial charge in [0.2, 0.25) is 5.88 Å². The molecule has 2 N–H and O–H groups in total. The molecule has 0 spiro atoms. The molecular formula is C14H23N3O. The highest BCUT2D eigenvalue weighted by Gasteiger charge is 2.18. The number of nitrogens with zero attached hydrogens (tertiary/aromatic N) is 2. The van der Waals surface area contributed by atoms with Crippen LogP contribution in [0.3, 0.4) is 0 Å². The van der Waals surface area contributed by atoms with Crippen LogP contribution in [-0.4, -0.2) is 25.2 Å². The minimum Gasteiger partial charge on any atom is -0.481 e. The van der Waals surface area contributed by atoms with Gasteiger partial charge in [0.05, 0.1) is 12.8 Å². The van der Waals surface area contributed by atoms with Crippen molar-refractivity contribution in [1.29, 1.82) is 0 Å². The summed E-state index contributed by atoms with van der Waals surface area (Å²) in [4.78, 5) is 6.78. The van der Waals surface area contributed by atoms with Crippen molar-refractivity contribution in [2.75, 3.05) is 30.8 Å². The second-order valence-electron chi connectivity index (χ2n) is 4.96. The average molecular weight is 249 g/mol. The predicted octanol–water partition coefficient (Wildman–Crippen LogP) is 2.69. The van der Waals surface area contributed by atoms with Crippen LogP contribution < -0.4 is 15.4 Å². The molecule has 1 aromatic heterocycles. The van der Waals surface area contributed by atoms with E-state index in [-0.39, 0.29) is 0 Å². The van der Waals surface area contributed by atoms with Crippen LogP contribution in [0.5, 0.6) is 5.88 Å². The lowest BCUT2D eigenvalue weighted by Gasteiger charge is -2.23. The van der Waals surface area contributed by atoms with Crippen LogP contribution in [0, 0.1) is 5.92 Å². The lowest BCUT2D eigenvalue weighted by Crippen LogP contribution is -2.26. The molecule has 0 amide bonds. The number of hydrogen-bond donors (Lipinski definition) is 1. The van der Waals surface area contributed by atoms with Crippen molar-refractivity contribution in [2.24, 2.45) is 5.92 Å². The van der Waals surface area contributed by atoms with Crippen LogP contribution in [0.15, 0.2) is 12.1 Å². The largest absolute Gasteiger partial charge is 0.481 e. The first-order valence-corrected chi connectivity index (χ1v) is 6.80. The number of aromatic nitrogens is 1. The van der Waals surface area contributed by atoms with Gasteiger partial charge in [-0.3, -0.25) is 0 Å². The normalized spacial score (nSPS) is 20.6. The fourth-order valence-electron chi connectivity index (χ4n) is 2.59. The van der Waals surface area contributed by atoms with Gasteiger partial charge < -0.3 is 15.4 Å². The van der Waals surface area contributed by atoms with Gasteiger partial charge in [-0.15, -0.1) is 0 Å². The third-order valence-electron chi connectivity index (χ3n) is 3.81. The summed E-state index contributed by atoms with van der Waals surface area (Å²) in [6.45, 7) is 4.36. The van der Waals surface area contributed by atoms with Gasteiger partial charge in [0, 0.05) is 19.2 Å². The van der Waals surface area contributed by atoms with E-state index in [1.54, 1.807) is 7.11 Å². The Morgan fingerprint density at radius 2 is 2.22 bits per heavy atom. The fourth-order valence-corrected chi connectivity index (χ4v) is 2.59. The molecule has 0 aromatic carbocycles. The number of nitrogen functional groups attached to an aromatic ring is 1. The number of hydrogen-bond acceptors (Lipinski definition) is 4. The van der Waals surface area contributed by atoms with E-state index >= 15 is 0 Å². The van der Waals surface area contributed by atoms with Gasteiger partial charge in [-0.25, -0.2) is 0 Å². The molecule has 4 heteroatoms. The average Bonchev–Trinajstić information content (AvgIpc) is 2.64. The van der Waals surface area contributed by atoms with Crippen molar-refractivity contribution in [3.63, 3.8) is 0 Å². The maximum atomic E-state index is 6.03. The Bertz CT molecular complexity index is 395. The van der Waals surface area contributed by atoms with Gasteiger partial charge >= 0.3 is 0 Å². The number of ether oxygens (including phenoxy) is 1. The van der Waals surface area contributed by atoms with Crippen molar-refractivity contribution in [3.05, 3.63) is 12.1 Å². The Morgan fingerprint density at radius 1 is 1.39 bits per heavy atom. The highest BCUT2D eigenvalue weighted by atomic mass is 16.5. The molecule has 2 rings (SSSR count). The first kappa shape index (κ1) is 13.0. The minimum atomic E-state index is 0.635. The van der Waals surface area contributed by atoms with Crippen molar-refractivity contribution >= 4 is 11.5 Å². The Morgan fingerprint density at radius 3 is 2.94 bits per heavy atom. The number of nitrogens with two attached hydrogens (primary N) is 1. The third kappa shape index (κ3) is 2.86. The molecule has 1 atom stereocenters. The van der Waals surface area contributed by atoms with Gasteiger partial charge in [-0.2, -0.15) is 4.98 Å². The summed E-state index contributed by atoms with van der Waals surface area (Å²) in [5.74, 6) is 2.36. The Labute approximate surface area is 109 Å². The molecule has 1 fully saturated rings. The highest BCUT2D eigenvalue weighted by molar-refractivity contribution is 5.63. The van der Waals surface area contributed by atoms with E-state index in [0.29, 0.717) is 5.88 Å². The molecule has 1 aliphatic heterocycles. The fraction of sp³-hybridized carbons (Fsp3) is 0.643. The van der Waals surface area contributed by atoms with Gasteiger partial charge in [0.25, 0.3) is 0 Å². The van der Waals surface area contributed by atoms with Crippen LogP contribution >= 0.6 is 0 Å². The van der Waals surface area contributed by atoms with E-state index in [2.05, 4.69) is 16.8 Å². The molecule has 1 aromatic rings. The van der Waals surface area contributed by atoms with E-state index in [1.165, 1.54) is 25.7 Å². The molecule has 0 bridgehead atoms. The summed E-state index contributed by atoms with van der Waals surface area (Å²) < 4.78 is 5.18. The zero-order valence-electron chi connectivity index (χ0n) is 11.4. The van der Waals surface area contributed by atoms with Gasteiger partial charge in [-0.05, 0) is 31.2 Å². The summed E-state index contributed by atoms with van der Waals surface area (Å²) >= 11 is 0. The second kappa shape index (κ2) is 5.94. The number of rotatable bonds is 3. The van der Waals surface area contributed by atoms with E-state index in [4.69, 9.17) is 10.5 Å². The smallest absolute Gasteiger partial charge is 0.215 e. The zero-order valence-corrected chi connectivity index (χ0v) is 11.4. The maximum Gasteiger partial charge on any atom is 0.215 e. The zero-order chi connectivity index (χ0) is 13.0. The molecule has 1 saturated heterocycles. The monoisotopic (exact) mass is 249 g/mol. The molecule has 0 saturated carbocycles. The first-order valence-electron chi connectivity index (χ1n) is 6.80. The van der Waals surface area contributed by atoms with Gasteiger partial charge in [0.1, 0.15) is 0 Å². The topological polar surface area (TPSA) is 51.4 Å². The lowest BCUT2D eigenvalue weighted by molar-refractivity contribution is 0.398. The molecule has 18 heavy (non-hydrogen) atoms. The van der Waals surface area contributed by atoms with Crippen molar-refractivity contribution in [2.45, 2.75) is 32.6 Å². The Kier molecular flexibility index (Phi) is 4.28. The second-order valence-corrected chi connectivity index (χ2v) is 4.96. The first-order chi connectivity index (χ1) is 8.74. The SMILES string of the molecule is CCC1CCCN(c2nc(OC)ccc2N)CC1. The van der Waals surface area contributed by atoms with Crippen molar-refractivity contribution in [1.82, 2.24) is 4.98 Å².